The van der Waals surface area contributed by atoms with Crippen molar-refractivity contribution in [3.05, 3.63) is 102 Å². The van der Waals surface area contributed by atoms with Crippen LogP contribution in [-0.4, -0.2) is 30.3 Å². The fourth-order valence-electron chi connectivity index (χ4n) is 4.01. The monoisotopic (exact) mass is 481 g/mol. The number of allylic oxidation sites excluding steroid dienone is 1. The van der Waals surface area contributed by atoms with Gasteiger partial charge in [0.2, 0.25) is 11.7 Å². The minimum atomic E-state index is -0.468. The second kappa shape index (κ2) is 9.60. The minimum Gasteiger partial charge on any atom is -0.325 e. The number of rotatable bonds is 7. The average Bonchev–Trinajstić information content (AvgIpc) is 3.30. The van der Waals surface area contributed by atoms with E-state index >= 15 is 0 Å². The van der Waals surface area contributed by atoms with E-state index < -0.39 is 5.25 Å². The molecule has 3 aromatic carbocycles. The molecule has 0 aliphatic rings. The Kier molecular flexibility index (Phi) is 6.20. The Balaban J connectivity index is 1.47. The van der Waals surface area contributed by atoms with Crippen LogP contribution in [0.3, 0.4) is 0 Å². The molecule has 5 rings (SSSR count). The molecule has 0 aliphatic heterocycles. The van der Waals surface area contributed by atoms with Crippen LogP contribution in [0.15, 0.2) is 101 Å². The van der Waals surface area contributed by atoms with Gasteiger partial charge in [0.15, 0.2) is 5.16 Å². The van der Waals surface area contributed by atoms with E-state index in [0.29, 0.717) is 28.4 Å². The molecule has 2 heterocycles. The number of hydrogen-bond acceptors (Lipinski definition) is 5. The third-order valence-electron chi connectivity index (χ3n) is 5.71. The highest BCUT2D eigenvalue weighted by molar-refractivity contribution is 8.00. The van der Waals surface area contributed by atoms with Gasteiger partial charge >= 0.3 is 0 Å². The molecule has 0 saturated carbocycles. The Morgan fingerprint density at radius 1 is 1.03 bits per heavy atom. The Labute approximate surface area is 206 Å². The third kappa shape index (κ3) is 4.24. The van der Waals surface area contributed by atoms with E-state index in [1.807, 2.05) is 84.1 Å². The Morgan fingerprint density at radius 2 is 1.74 bits per heavy atom. The molecule has 35 heavy (non-hydrogen) atoms. The summed E-state index contributed by atoms with van der Waals surface area (Å²) in [7, 11) is 0. The molecule has 1 atom stereocenters. The van der Waals surface area contributed by atoms with Gasteiger partial charge in [-0.2, -0.15) is 0 Å². The van der Waals surface area contributed by atoms with E-state index in [9.17, 15) is 9.59 Å². The van der Waals surface area contributed by atoms with Crippen molar-refractivity contribution in [2.45, 2.75) is 23.9 Å². The van der Waals surface area contributed by atoms with Crippen LogP contribution in [0.4, 0.5) is 5.69 Å². The van der Waals surface area contributed by atoms with Gasteiger partial charge in [0.1, 0.15) is 0 Å². The van der Waals surface area contributed by atoms with Gasteiger partial charge in [0.25, 0.3) is 5.56 Å². The predicted octanol–water partition coefficient (Wildman–Crippen LogP) is 5.02. The molecule has 0 saturated heterocycles. The summed E-state index contributed by atoms with van der Waals surface area (Å²) in [6.07, 6.45) is 1.65. The standard InChI is InChI=1S/C27H23N5O2S/c1-3-17-31-25(34)21-14-8-10-16-23(21)32-26(31)29-30-27(32)35-18(2)24(33)28-22-15-9-7-13-20(22)19-11-5-4-6-12-19/h3-16,18H,1,17H2,2H3,(H,28,33). The van der Waals surface area contributed by atoms with Crippen molar-refractivity contribution < 1.29 is 4.79 Å². The van der Waals surface area contributed by atoms with E-state index in [1.165, 1.54) is 16.3 Å². The van der Waals surface area contributed by atoms with Gasteiger partial charge in [-0.25, -0.2) is 0 Å². The summed E-state index contributed by atoms with van der Waals surface area (Å²) in [5, 5.41) is 12.3. The highest BCUT2D eigenvalue weighted by Gasteiger charge is 2.22. The molecular weight excluding hydrogens is 458 g/mol. The van der Waals surface area contributed by atoms with Crippen molar-refractivity contribution in [1.82, 2.24) is 19.2 Å². The topological polar surface area (TPSA) is 81.3 Å². The largest absolute Gasteiger partial charge is 0.325 e. The first-order chi connectivity index (χ1) is 17.1. The van der Waals surface area contributed by atoms with Crippen molar-refractivity contribution in [1.29, 1.82) is 0 Å². The molecule has 1 amide bonds. The number of amides is 1. The summed E-state index contributed by atoms with van der Waals surface area (Å²) in [4.78, 5) is 26.2. The minimum absolute atomic E-state index is 0.153. The van der Waals surface area contributed by atoms with E-state index in [1.54, 1.807) is 12.1 Å². The number of fused-ring (bicyclic) bond motifs is 3. The molecule has 1 N–H and O–H groups in total. The lowest BCUT2D eigenvalue weighted by atomic mass is 10.0. The van der Waals surface area contributed by atoms with Crippen LogP contribution < -0.4 is 10.9 Å². The van der Waals surface area contributed by atoms with Gasteiger partial charge < -0.3 is 5.32 Å². The summed E-state index contributed by atoms with van der Waals surface area (Å²) in [6.45, 7) is 5.89. The van der Waals surface area contributed by atoms with Crippen LogP contribution in [-0.2, 0) is 11.3 Å². The average molecular weight is 482 g/mol. The number of anilines is 1. The highest BCUT2D eigenvalue weighted by atomic mass is 32.2. The van der Waals surface area contributed by atoms with E-state index in [-0.39, 0.29) is 11.5 Å². The predicted molar refractivity (Wildman–Crippen MR) is 141 cm³/mol. The lowest BCUT2D eigenvalue weighted by Gasteiger charge is -2.15. The van der Waals surface area contributed by atoms with Crippen LogP contribution >= 0.6 is 11.8 Å². The number of carbonyl (C=O) groups is 1. The number of hydrogen-bond donors (Lipinski definition) is 1. The van der Waals surface area contributed by atoms with Crippen molar-refractivity contribution >= 4 is 40.0 Å². The smallest absolute Gasteiger partial charge is 0.263 e. The van der Waals surface area contributed by atoms with Crippen LogP contribution in [0.2, 0.25) is 0 Å². The van der Waals surface area contributed by atoms with Gasteiger partial charge in [0, 0.05) is 17.8 Å². The number of aromatic nitrogens is 4. The number of carbonyl (C=O) groups excluding carboxylic acids is 1. The number of benzene rings is 3. The molecule has 5 aromatic rings. The van der Waals surface area contributed by atoms with Crippen molar-refractivity contribution in [3.8, 4) is 11.1 Å². The molecule has 8 heteroatoms. The summed E-state index contributed by atoms with van der Waals surface area (Å²) in [6, 6.07) is 25.0. The van der Waals surface area contributed by atoms with Gasteiger partial charge in [-0.3, -0.25) is 18.6 Å². The molecule has 7 nitrogen and oxygen atoms in total. The molecule has 0 bridgehead atoms. The molecule has 0 fully saturated rings. The summed E-state index contributed by atoms with van der Waals surface area (Å²) in [5.41, 5.74) is 3.26. The van der Waals surface area contributed by atoms with Crippen molar-refractivity contribution in [2.24, 2.45) is 0 Å². The number of thioether (sulfide) groups is 1. The molecular formula is C27H23N5O2S. The van der Waals surface area contributed by atoms with Crippen molar-refractivity contribution in [3.63, 3.8) is 0 Å². The maximum absolute atomic E-state index is 13.2. The molecule has 0 radical (unpaired) electrons. The first kappa shape index (κ1) is 22.6. The fraction of sp³-hybridized carbons (Fsp3) is 0.111. The second-order valence-electron chi connectivity index (χ2n) is 8.00. The number of para-hydroxylation sites is 2. The first-order valence-electron chi connectivity index (χ1n) is 11.2. The SMILES string of the molecule is C=CCn1c(=O)c2ccccc2n2c(SC(C)C(=O)Nc3ccccc3-c3ccccc3)nnc12. The van der Waals surface area contributed by atoms with E-state index in [0.717, 1.165) is 16.8 Å². The first-order valence-corrected chi connectivity index (χ1v) is 12.1. The van der Waals surface area contributed by atoms with Crippen LogP contribution in [0.1, 0.15) is 6.92 Å². The van der Waals surface area contributed by atoms with Crippen LogP contribution in [0.5, 0.6) is 0 Å². The van der Waals surface area contributed by atoms with Crippen LogP contribution in [0, 0.1) is 0 Å². The van der Waals surface area contributed by atoms with Gasteiger partial charge in [-0.15, -0.1) is 16.8 Å². The summed E-state index contributed by atoms with van der Waals surface area (Å²) >= 11 is 1.29. The van der Waals surface area contributed by atoms with Gasteiger partial charge in [-0.1, -0.05) is 78.5 Å². The zero-order chi connectivity index (χ0) is 24.4. The van der Waals surface area contributed by atoms with Crippen molar-refractivity contribution in [2.75, 3.05) is 5.32 Å². The maximum atomic E-state index is 13.2. The normalized spacial score (nSPS) is 12.0. The number of nitrogens with zero attached hydrogens (tertiary/aromatic N) is 4. The Hall–Kier alpha value is -4.17. The zero-order valence-corrected chi connectivity index (χ0v) is 19.9. The lowest BCUT2D eigenvalue weighted by Crippen LogP contribution is -2.24. The van der Waals surface area contributed by atoms with Gasteiger partial charge in [-0.05, 0) is 30.7 Å². The summed E-state index contributed by atoms with van der Waals surface area (Å²) in [5.74, 6) is 0.261. The molecule has 2 aromatic heterocycles. The van der Waals surface area contributed by atoms with E-state index in [4.69, 9.17) is 0 Å². The maximum Gasteiger partial charge on any atom is 0.263 e. The molecule has 0 spiro atoms. The van der Waals surface area contributed by atoms with Crippen LogP contribution in [0.25, 0.3) is 27.8 Å². The lowest BCUT2D eigenvalue weighted by molar-refractivity contribution is -0.115. The van der Waals surface area contributed by atoms with E-state index in [2.05, 4.69) is 22.1 Å². The van der Waals surface area contributed by atoms with Gasteiger partial charge in [0.05, 0.1) is 16.2 Å². The zero-order valence-electron chi connectivity index (χ0n) is 19.1. The number of nitrogens with one attached hydrogen (secondary N) is 1. The quantitative estimate of drug-likeness (QED) is 0.261. The fourth-order valence-corrected chi connectivity index (χ4v) is 4.87. The summed E-state index contributed by atoms with van der Waals surface area (Å²) < 4.78 is 3.36. The Morgan fingerprint density at radius 3 is 2.54 bits per heavy atom. The third-order valence-corrected chi connectivity index (χ3v) is 6.75. The molecule has 0 aliphatic carbocycles. The highest BCUT2D eigenvalue weighted by Crippen LogP contribution is 2.30. The molecule has 174 valence electrons. The second-order valence-corrected chi connectivity index (χ2v) is 9.31. The Bertz CT molecular complexity index is 1610. The molecule has 1 unspecified atom stereocenters.